The Bertz CT molecular complexity index is 1160. The van der Waals surface area contributed by atoms with Gasteiger partial charge in [-0.15, -0.1) is 0 Å². The van der Waals surface area contributed by atoms with E-state index in [4.69, 9.17) is 19.6 Å². The van der Waals surface area contributed by atoms with Crippen LogP contribution in [0.15, 0.2) is 81.6 Å². The van der Waals surface area contributed by atoms with Crippen LogP contribution in [0.2, 0.25) is 0 Å². The summed E-state index contributed by atoms with van der Waals surface area (Å²) in [5.74, 6) is -1.90. The van der Waals surface area contributed by atoms with Gasteiger partial charge >= 0.3 is 5.97 Å². The summed E-state index contributed by atoms with van der Waals surface area (Å²) >= 11 is 0. The molecule has 0 aliphatic carbocycles. The number of ether oxygens (including phenoxy) is 2. The van der Waals surface area contributed by atoms with E-state index in [9.17, 15) is 14.7 Å². The Kier molecular flexibility index (Phi) is 5.32. The van der Waals surface area contributed by atoms with Crippen molar-refractivity contribution in [1.29, 1.82) is 0 Å². The third kappa shape index (κ3) is 3.68. The number of carbonyl (C=O) groups is 1. The number of esters is 1. The van der Waals surface area contributed by atoms with Crippen molar-refractivity contribution in [2.24, 2.45) is 5.73 Å². The Labute approximate surface area is 171 Å². The molecule has 0 spiro atoms. The van der Waals surface area contributed by atoms with Gasteiger partial charge in [-0.3, -0.25) is 9.78 Å². The van der Waals surface area contributed by atoms with Crippen molar-refractivity contribution in [3.8, 4) is 5.75 Å². The smallest absolute Gasteiger partial charge is 0.340 e. The number of nitrogens with two attached hydrogens (primary N) is 1. The van der Waals surface area contributed by atoms with Gasteiger partial charge in [0, 0.05) is 18.5 Å². The van der Waals surface area contributed by atoms with Gasteiger partial charge in [-0.2, -0.15) is 0 Å². The largest absolute Gasteiger partial charge is 0.458 e. The fourth-order valence-electron chi connectivity index (χ4n) is 3.24. The minimum absolute atomic E-state index is 0.00956. The third-order valence-electron chi connectivity index (χ3n) is 4.62. The van der Waals surface area contributed by atoms with E-state index >= 15 is 0 Å². The second kappa shape index (κ2) is 8.22. The van der Waals surface area contributed by atoms with Crippen LogP contribution >= 0.6 is 0 Å². The molecule has 0 unspecified atom stereocenters. The fourth-order valence-corrected chi connectivity index (χ4v) is 3.24. The van der Waals surface area contributed by atoms with Crippen molar-refractivity contribution in [3.05, 3.63) is 105 Å². The lowest BCUT2D eigenvalue weighted by atomic mass is 9.87. The maximum atomic E-state index is 13.0. The predicted molar refractivity (Wildman–Crippen MR) is 105 cm³/mol. The molecule has 0 saturated carbocycles. The quantitative estimate of drug-likeness (QED) is 0.616. The summed E-state index contributed by atoms with van der Waals surface area (Å²) in [5.41, 5.74) is 6.86. The fraction of sp³-hybridized carbons (Fsp3) is 0.136. The molecule has 3 N–H and O–H groups in total. The summed E-state index contributed by atoms with van der Waals surface area (Å²) in [5, 5.41) is 9.44. The molecular weight excluding hydrogens is 388 g/mol. The van der Waals surface area contributed by atoms with Crippen molar-refractivity contribution in [1.82, 2.24) is 4.98 Å². The zero-order chi connectivity index (χ0) is 21.1. The lowest BCUT2D eigenvalue weighted by molar-refractivity contribution is -0.140. The maximum Gasteiger partial charge on any atom is 0.340 e. The first-order valence-electron chi connectivity index (χ1n) is 9.14. The van der Waals surface area contributed by atoms with Crippen LogP contribution in [-0.2, 0) is 22.7 Å². The Hall–Kier alpha value is -3.91. The molecule has 152 valence electrons. The normalized spacial score (nSPS) is 15.3. The molecule has 0 bridgehead atoms. The van der Waals surface area contributed by atoms with Crippen LogP contribution in [0.4, 0.5) is 0 Å². The number of pyridine rings is 1. The SMILES string of the molecule is NC1=C(C(=O)OCc2ccccc2)[C@@H](c2cccnc2)c2oc(CO)cc(=O)c2O1. The Morgan fingerprint density at radius 1 is 1.20 bits per heavy atom. The number of aliphatic hydroxyl groups is 1. The van der Waals surface area contributed by atoms with E-state index in [2.05, 4.69) is 4.98 Å². The van der Waals surface area contributed by atoms with Gasteiger partial charge in [-0.25, -0.2) is 4.79 Å². The van der Waals surface area contributed by atoms with E-state index in [-0.39, 0.29) is 35.3 Å². The molecule has 1 aliphatic rings. The van der Waals surface area contributed by atoms with Crippen LogP contribution in [0.5, 0.6) is 5.75 Å². The average molecular weight is 406 g/mol. The van der Waals surface area contributed by atoms with Gasteiger partial charge < -0.3 is 24.7 Å². The van der Waals surface area contributed by atoms with Crippen LogP contribution in [0.1, 0.15) is 28.6 Å². The molecule has 30 heavy (non-hydrogen) atoms. The van der Waals surface area contributed by atoms with Gasteiger partial charge in [0.1, 0.15) is 24.5 Å². The van der Waals surface area contributed by atoms with Crippen molar-refractivity contribution in [2.75, 3.05) is 0 Å². The molecule has 0 fully saturated rings. The molecular formula is C22H18N2O6. The highest BCUT2D eigenvalue weighted by atomic mass is 16.5. The van der Waals surface area contributed by atoms with Crippen molar-refractivity contribution < 1.29 is 23.8 Å². The monoisotopic (exact) mass is 406 g/mol. The summed E-state index contributed by atoms with van der Waals surface area (Å²) in [4.78, 5) is 29.5. The summed E-state index contributed by atoms with van der Waals surface area (Å²) in [6.45, 7) is -0.459. The topological polar surface area (TPSA) is 125 Å². The van der Waals surface area contributed by atoms with E-state index in [1.165, 1.54) is 6.20 Å². The minimum atomic E-state index is -0.884. The zero-order valence-electron chi connectivity index (χ0n) is 15.8. The number of rotatable bonds is 5. The van der Waals surface area contributed by atoms with E-state index in [0.717, 1.165) is 11.6 Å². The van der Waals surface area contributed by atoms with Gasteiger partial charge in [-0.05, 0) is 17.2 Å². The number of aliphatic hydroxyl groups excluding tert-OH is 1. The molecule has 1 aromatic carbocycles. The Morgan fingerprint density at radius 3 is 2.70 bits per heavy atom. The number of nitrogens with zero attached hydrogens (tertiary/aromatic N) is 1. The highest BCUT2D eigenvalue weighted by molar-refractivity contribution is 5.92. The summed E-state index contributed by atoms with van der Waals surface area (Å²) in [6, 6.07) is 13.7. The van der Waals surface area contributed by atoms with Gasteiger partial charge in [0.15, 0.2) is 5.76 Å². The lowest BCUT2D eigenvalue weighted by Gasteiger charge is -2.26. The number of carbonyl (C=O) groups excluding carboxylic acids is 1. The van der Waals surface area contributed by atoms with E-state index < -0.39 is 23.9 Å². The molecule has 3 aromatic rings. The maximum absolute atomic E-state index is 13.0. The minimum Gasteiger partial charge on any atom is -0.458 e. The second-order valence-electron chi connectivity index (χ2n) is 6.59. The summed E-state index contributed by atoms with van der Waals surface area (Å²) in [6.07, 6.45) is 3.10. The van der Waals surface area contributed by atoms with Crippen molar-refractivity contribution in [3.63, 3.8) is 0 Å². The molecule has 0 saturated heterocycles. The van der Waals surface area contributed by atoms with Crippen LogP contribution in [-0.4, -0.2) is 16.1 Å². The van der Waals surface area contributed by atoms with E-state index in [1.54, 1.807) is 18.3 Å². The van der Waals surface area contributed by atoms with E-state index in [1.807, 2.05) is 30.3 Å². The predicted octanol–water partition coefficient (Wildman–Crippen LogP) is 1.97. The third-order valence-corrected chi connectivity index (χ3v) is 4.62. The molecule has 3 heterocycles. The first-order chi connectivity index (χ1) is 14.6. The summed E-state index contributed by atoms with van der Waals surface area (Å²) < 4.78 is 16.6. The molecule has 1 atom stereocenters. The Morgan fingerprint density at radius 2 is 2.00 bits per heavy atom. The van der Waals surface area contributed by atoms with Crippen LogP contribution in [0, 0.1) is 0 Å². The molecule has 1 aliphatic heterocycles. The van der Waals surface area contributed by atoms with Crippen molar-refractivity contribution in [2.45, 2.75) is 19.1 Å². The van der Waals surface area contributed by atoms with Gasteiger partial charge in [0.25, 0.3) is 0 Å². The molecule has 4 rings (SSSR count). The zero-order valence-corrected chi connectivity index (χ0v) is 15.8. The van der Waals surface area contributed by atoms with Gasteiger partial charge in [-0.1, -0.05) is 36.4 Å². The van der Waals surface area contributed by atoms with Crippen LogP contribution < -0.4 is 15.9 Å². The van der Waals surface area contributed by atoms with Crippen molar-refractivity contribution >= 4 is 5.97 Å². The van der Waals surface area contributed by atoms with Crippen LogP contribution in [0.25, 0.3) is 0 Å². The molecule has 8 nitrogen and oxygen atoms in total. The molecule has 2 aromatic heterocycles. The highest BCUT2D eigenvalue weighted by Crippen LogP contribution is 2.41. The Balaban J connectivity index is 1.77. The highest BCUT2D eigenvalue weighted by Gasteiger charge is 2.39. The van der Waals surface area contributed by atoms with E-state index in [0.29, 0.717) is 5.56 Å². The standard InChI is InChI=1S/C22H18N2O6/c23-21-18(22(27)28-12-13-5-2-1-3-6-13)17(14-7-4-8-24-10-14)20-19(30-21)16(26)9-15(11-25)29-20/h1-10,17,25H,11-12,23H2/t17-/m1/s1. The average Bonchev–Trinajstić information content (AvgIpc) is 2.78. The van der Waals surface area contributed by atoms with Crippen LogP contribution in [0.3, 0.4) is 0 Å². The number of fused-ring (bicyclic) bond motifs is 1. The number of hydrogen-bond acceptors (Lipinski definition) is 8. The first-order valence-corrected chi connectivity index (χ1v) is 9.14. The molecule has 0 amide bonds. The molecule has 8 heteroatoms. The number of hydrogen-bond donors (Lipinski definition) is 2. The first kappa shape index (κ1) is 19.4. The second-order valence-corrected chi connectivity index (χ2v) is 6.59. The molecule has 0 radical (unpaired) electrons. The van der Waals surface area contributed by atoms with Gasteiger partial charge in [0.2, 0.25) is 17.1 Å². The number of benzene rings is 1. The lowest BCUT2D eigenvalue weighted by Crippen LogP contribution is -2.30. The summed E-state index contributed by atoms with van der Waals surface area (Å²) in [7, 11) is 0. The van der Waals surface area contributed by atoms with Gasteiger partial charge in [0.05, 0.1) is 5.92 Å². The number of aromatic nitrogens is 1.